The number of carbonyl (C=O) groups is 5. The number of nitrogens with two attached hydrogens (primary N) is 1. The summed E-state index contributed by atoms with van der Waals surface area (Å²) in [5, 5.41) is 25.9. The van der Waals surface area contributed by atoms with Gasteiger partial charge in [-0.05, 0) is 35.6 Å². The molecule has 8 N–H and O–H groups in total. The molecule has 0 heterocycles. The minimum absolute atomic E-state index is 0.103. The molecule has 0 aromatic heterocycles. The van der Waals surface area contributed by atoms with Gasteiger partial charge in [-0.25, -0.2) is 5.48 Å². The van der Waals surface area contributed by atoms with Gasteiger partial charge in [-0.15, -0.1) is 0 Å². The van der Waals surface area contributed by atoms with E-state index in [4.69, 9.17) is 20.8 Å². The summed E-state index contributed by atoms with van der Waals surface area (Å²) in [7, 11) is 0. The number of carboxylic acid groups (broad SMARTS) is 1. The lowest BCUT2D eigenvalue weighted by Crippen LogP contribution is -2.54. The highest BCUT2D eigenvalue weighted by Gasteiger charge is 2.29. The van der Waals surface area contributed by atoms with Crippen molar-refractivity contribution in [3.63, 3.8) is 0 Å². The highest BCUT2D eigenvalue weighted by molar-refractivity contribution is 5.93. The lowest BCUT2D eigenvalue weighted by atomic mass is 9.92. The van der Waals surface area contributed by atoms with Crippen molar-refractivity contribution >= 4 is 40.9 Å². The minimum atomic E-state index is -0.990. The van der Waals surface area contributed by atoms with Crippen molar-refractivity contribution in [2.45, 2.75) is 52.1 Å². The first-order valence-corrected chi connectivity index (χ1v) is 12.6. The Bertz CT molecular complexity index is 1110. The first-order valence-electron chi connectivity index (χ1n) is 12.6. The maximum absolute atomic E-state index is 13.2. The van der Waals surface area contributed by atoms with Crippen LogP contribution in [0.4, 0.5) is 0 Å². The van der Waals surface area contributed by atoms with E-state index in [9.17, 15) is 19.2 Å². The van der Waals surface area contributed by atoms with Gasteiger partial charge >= 0.3 is 0 Å². The predicted octanol–water partition coefficient (Wildman–Crippen LogP) is 0.705. The van der Waals surface area contributed by atoms with Crippen LogP contribution in [0, 0.1) is 11.8 Å². The second-order valence-corrected chi connectivity index (χ2v) is 9.43. The van der Waals surface area contributed by atoms with Gasteiger partial charge in [0.05, 0.1) is 0 Å². The second kappa shape index (κ2) is 17.5. The molecule has 0 aliphatic heterocycles. The number of hydrogen-bond acceptors (Lipinski definition) is 7. The molecule has 214 valence electrons. The van der Waals surface area contributed by atoms with Crippen LogP contribution in [0.25, 0.3) is 10.8 Å². The zero-order valence-corrected chi connectivity index (χ0v) is 22.5. The molecule has 2 aromatic carbocycles. The van der Waals surface area contributed by atoms with Crippen LogP contribution in [0.5, 0.6) is 0 Å². The zero-order valence-electron chi connectivity index (χ0n) is 22.5. The fourth-order valence-electron chi connectivity index (χ4n) is 3.95. The van der Waals surface area contributed by atoms with E-state index in [1.165, 1.54) is 0 Å². The fourth-order valence-corrected chi connectivity index (χ4v) is 3.95. The van der Waals surface area contributed by atoms with E-state index in [-0.39, 0.29) is 44.2 Å². The highest BCUT2D eigenvalue weighted by atomic mass is 16.5. The van der Waals surface area contributed by atoms with Crippen LogP contribution >= 0.6 is 0 Å². The molecule has 2 aromatic rings. The third kappa shape index (κ3) is 11.9. The summed E-state index contributed by atoms with van der Waals surface area (Å²) in [6.07, 6.45) is 0.352. The largest absolute Gasteiger partial charge is 0.483 e. The molecule has 4 amide bonds. The SMILES string of the molecule is CC(C)CC(CC(=O)NO)C(=O)N[C@@H](Cc1ccc2ccccc2c1)C(=O)N[C@@H](C)C(=O)NCCN.O=CO. The van der Waals surface area contributed by atoms with Gasteiger partial charge in [-0.2, -0.15) is 0 Å². The molecule has 0 aliphatic rings. The molecule has 0 radical (unpaired) electrons. The molecule has 0 spiro atoms. The third-order valence-corrected chi connectivity index (χ3v) is 5.77. The van der Waals surface area contributed by atoms with Crippen LogP contribution in [0.3, 0.4) is 0 Å². The standard InChI is InChI=1S/C26H37N5O5.CH2O2/c1-16(2)12-21(15-23(32)31-36)25(34)30-22(26(35)29-17(3)24(33)28-11-10-27)14-18-8-9-19-6-4-5-7-20(19)13-18;2-1-3/h4-9,13,16-17,21-22,36H,10-12,14-15,27H2,1-3H3,(H,28,33)(H,29,35)(H,30,34)(H,31,32);1H,(H,2,3)/t17-,21?,22-;/m0./s1. The summed E-state index contributed by atoms with van der Waals surface area (Å²) >= 11 is 0. The Labute approximate surface area is 227 Å². The third-order valence-electron chi connectivity index (χ3n) is 5.77. The Balaban J connectivity index is 0.00000242. The van der Waals surface area contributed by atoms with Crippen LogP contribution < -0.4 is 27.2 Å². The van der Waals surface area contributed by atoms with Crippen molar-refractivity contribution in [3.8, 4) is 0 Å². The maximum Gasteiger partial charge on any atom is 0.290 e. The van der Waals surface area contributed by atoms with Crippen molar-refractivity contribution in [1.29, 1.82) is 0 Å². The first-order chi connectivity index (χ1) is 18.6. The Morgan fingerprint density at radius 1 is 0.949 bits per heavy atom. The summed E-state index contributed by atoms with van der Waals surface area (Å²) in [4.78, 5) is 58.7. The van der Waals surface area contributed by atoms with Crippen molar-refractivity contribution in [1.82, 2.24) is 21.4 Å². The van der Waals surface area contributed by atoms with Gasteiger partial charge in [0.1, 0.15) is 12.1 Å². The van der Waals surface area contributed by atoms with Gasteiger partial charge in [0.25, 0.3) is 6.47 Å². The van der Waals surface area contributed by atoms with E-state index in [2.05, 4.69) is 16.0 Å². The minimum Gasteiger partial charge on any atom is -0.483 e. The molecule has 12 heteroatoms. The number of hydrogen-bond donors (Lipinski definition) is 7. The van der Waals surface area contributed by atoms with Crippen molar-refractivity contribution in [3.05, 3.63) is 48.0 Å². The van der Waals surface area contributed by atoms with Crippen LogP contribution in [0.15, 0.2) is 42.5 Å². The molecule has 0 saturated carbocycles. The molecule has 39 heavy (non-hydrogen) atoms. The summed E-state index contributed by atoms with van der Waals surface area (Å²) in [6, 6.07) is 11.7. The number of benzene rings is 2. The predicted molar refractivity (Wildman–Crippen MR) is 145 cm³/mol. The van der Waals surface area contributed by atoms with E-state index in [0.717, 1.165) is 16.3 Å². The molecule has 12 nitrogen and oxygen atoms in total. The maximum atomic E-state index is 13.2. The fraction of sp³-hybridized carbons (Fsp3) is 0.444. The summed E-state index contributed by atoms with van der Waals surface area (Å²) < 4.78 is 0. The van der Waals surface area contributed by atoms with E-state index < -0.39 is 35.7 Å². The monoisotopic (exact) mass is 545 g/mol. The number of carbonyl (C=O) groups excluding carboxylic acids is 4. The average Bonchev–Trinajstić information content (AvgIpc) is 2.90. The number of fused-ring (bicyclic) bond motifs is 1. The Morgan fingerprint density at radius 2 is 1.59 bits per heavy atom. The zero-order chi connectivity index (χ0) is 29.4. The quantitative estimate of drug-likeness (QED) is 0.108. The summed E-state index contributed by atoms with van der Waals surface area (Å²) in [5.74, 6) is -2.71. The Hall–Kier alpha value is -4.03. The van der Waals surface area contributed by atoms with Crippen molar-refractivity contribution < 1.29 is 34.3 Å². The molecule has 1 unspecified atom stereocenters. The smallest absolute Gasteiger partial charge is 0.290 e. The second-order valence-electron chi connectivity index (χ2n) is 9.43. The molecule has 0 saturated heterocycles. The highest BCUT2D eigenvalue weighted by Crippen LogP contribution is 2.19. The van der Waals surface area contributed by atoms with E-state index in [0.29, 0.717) is 6.42 Å². The van der Waals surface area contributed by atoms with Gasteiger partial charge in [-0.1, -0.05) is 56.3 Å². The number of rotatable bonds is 13. The topological polar surface area (TPSA) is 200 Å². The molecule has 0 bridgehead atoms. The van der Waals surface area contributed by atoms with Gasteiger partial charge in [0.15, 0.2) is 0 Å². The lowest BCUT2D eigenvalue weighted by molar-refractivity contribution is -0.137. The first kappa shape index (κ1) is 33.0. The van der Waals surface area contributed by atoms with Crippen LogP contribution in [0.1, 0.15) is 39.2 Å². The Kier molecular flexibility index (Phi) is 14.8. The molecule has 0 aliphatic carbocycles. The van der Waals surface area contributed by atoms with E-state index >= 15 is 0 Å². The normalized spacial score (nSPS) is 12.8. The van der Waals surface area contributed by atoms with Gasteiger partial charge in [0.2, 0.25) is 23.6 Å². The Morgan fingerprint density at radius 3 is 2.18 bits per heavy atom. The van der Waals surface area contributed by atoms with E-state index in [1.54, 1.807) is 12.4 Å². The van der Waals surface area contributed by atoms with Gasteiger partial charge in [-0.3, -0.25) is 29.2 Å². The number of amides is 4. The van der Waals surface area contributed by atoms with Crippen LogP contribution in [-0.2, 0) is 30.4 Å². The summed E-state index contributed by atoms with van der Waals surface area (Å²) in [6.45, 7) is 5.67. The van der Waals surface area contributed by atoms with Crippen molar-refractivity contribution in [2.75, 3.05) is 13.1 Å². The molecule has 3 atom stereocenters. The molecule has 0 fully saturated rings. The number of hydroxylamine groups is 1. The number of nitrogens with one attached hydrogen (secondary N) is 4. The molecule has 2 rings (SSSR count). The van der Waals surface area contributed by atoms with Crippen LogP contribution in [-0.4, -0.2) is 65.6 Å². The van der Waals surface area contributed by atoms with E-state index in [1.807, 2.05) is 56.3 Å². The molecular formula is C27H39N5O7. The summed E-state index contributed by atoms with van der Waals surface area (Å²) in [5.41, 5.74) is 7.80. The lowest BCUT2D eigenvalue weighted by Gasteiger charge is -2.24. The average molecular weight is 546 g/mol. The van der Waals surface area contributed by atoms with Crippen molar-refractivity contribution in [2.24, 2.45) is 17.6 Å². The van der Waals surface area contributed by atoms with Crippen LogP contribution in [0.2, 0.25) is 0 Å². The van der Waals surface area contributed by atoms with Gasteiger partial charge < -0.3 is 26.8 Å². The van der Waals surface area contributed by atoms with Gasteiger partial charge in [0, 0.05) is 31.8 Å². The molecular weight excluding hydrogens is 506 g/mol.